The topological polar surface area (TPSA) is 224 Å². The summed E-state index contributed by atoms with van der Waals surface area (Å²) < 4.78 is 0. The first-order chi connectivity index (χ1) is 18.5. The number of amides is 3. The van der Waals surface area contributed by atoms with Crippen molar-refractivity contribution in [1.82, 2.24) is 20.9 Å². The van der Waals surface area contributed by atoms with Crippen LogP contribution in [0.4, 0.5) is 0 Å². The highest BCUT2D eigenvalue weighted by molar-refractivity contribution is 5.94. The van der Waals surface area contributed by atoms with Crippen molar-refractivity contribution in [3.8, 4) is 5.75 Å². The number of rotatable bonds is 13. The van der Waals surface area contributed by atoms with Crippen LogP contribution in [0.5, 0.6) is 5.75 Å². The second kappa shape index (κ2) is 13.1. The van der Waals surface area contributed by atoms with Gasteiger partial charge in [-0.1, -0.05) is 30.3 Å². The Morgan fingerprint density at radius 1 is 0.872 bits per heavy atom. The summed E-state index contributed by atoms with van der Waals surface area (Å²) >= 11 is 0. The van der Waals surface area contributed by atoms with Crippen LogP contribution in [0.25, 0.3) is 10.9 Å². The maximum Gasteiger partial charge on any atom is 0.326 e. The fraction of sp³-hybridized carbons (Fsp3) is 0.269. The van der Waals surface area contributed by atoms with Crippen LogP contribution < -0.4 is 21.7 Å². The standard InChI is InChI=1S/C26H29N5O8/c27-18(9-14-5-7-16(32)8-6-14)24(36)31-20(10-15-12-28-19-4-2-1-3-17(15)19)25(37)29-13-22(33)30-21(26(38)39)11-23(34)35/h1-8,12,18,20-21,28,32H,9-11,13,27H2,(H,29,37)(H,30,33)(H,31,36)(H,34,35)(H,38,39). The summed E-state index contributed by atoms with van der Waals surface area (Å²) in [5, 5.41) is 35.2. The van der Waals surface area contributed by atoms with Crippen LogP contribution in [0.1, 0.15) is 17.5 Å². The number of hydrogen-bond donors (Lipinski definition) is 8. The molecule has 0 bridgehead atoms. The number of aromatic nitrogens is 1. The minimum atomic E-state index is -1.67. The van der Waals surface area contributed by atoms with Gasteiger partial charge in [0.1, 0.15) is 17.8 Å². The smallest absolute Gasteiger partial charge is 0.326 e. The fourth-order valence-electron chi connectivity index (χ4n) is 3.90. The number of para-hydroxylation sites is 1. The molecule has 1 aromatic heterocycles. The van der Waals surface area contributed by atoms with E-state index in [4.69, 9.17) is 15.9 Å². The molecule has 2 aromatic carbocycles. The molecule has 3 amide bonds. The van der Waals surface area contributed by atoms with Crippen molar-refractivity contribution in [1.29, 1.82) is 0 Å². The molecule has 0 aliphatic carbocycles. The number of phenols is 1. The Hall–Kier alpha value is -4.91. The Kier molecular flexibility index (Phi) is 9.59. The molecule has 1 heterocycles. The molecule has 39 heavy (non-hydrogen) atoms. The van der Waals surface area contributed by atoms with E-state index in [0.29, 0.717) is 5.56 Å². The van der Waals surface area contributed by atoms with Gasteiger partial charge in [0.15, 0.2) is 0 Å². The summed E-state index contributed by atoms with van der Waals surface area (Å²) in [6.45, 7) is -0.651. The predicted molar refractivity (Wildman–Crippen MR) is 139 cm³/mol. The van der Waals surface area contributed by atoms with E-state index in [1.54, 1.807) is 18.3 Å². The van der Waals surface area contributed by atoms with Gasteiger partial charge in [0.05, 0.1) is 19.0 Å². The summed E-state index contributed by atoms with van der Waals surface area (Å²) in [5.41, 5.74) is 8.29. The molecular formula is C26H29N5O8. The average Bonchev–Trinajstić information content (AvgIpc) is 3.30. The first-order valence-corrected chi connectivity index (χ1v) is 11.9. The highest BCUT2D eigenvalue weighted by atomic mass is 16.4. The molecule has 13 nitrogen and oxygen atoms in total. The minimum absolute atomic E-state index is 0.0475. The maximum absolute atomic E-state index is 13.1. The van der Waals surface area contributed by atoms with Crippen LogP contribution in [-0.4, -0.2) is 74.6 Å². The van der Waals surface area contributed by atoms with E-state index >= 15 is 0 Å². The number of hydrogen-bond acceptors (Lipinski definition) is 7. The number of carboxylic acids is 2. The summed E-state index contributed by atoms with van der Waals surface area (Å²) in [6, 6.07) is 9.66. The van der Waals surface area contributed by atoms with Gasteiger partial charge < -0.3 is 42.0 Å². The molecular weight excluding hydrogens is 510 g/mol. The van der Waals surface area contributed by atoms with Gasteiger partial charge in [-0.15, -0.1) is 0 Å². The second-order valence-corrected chi connectivity index (χ2v) is 8.88. The first-order valence-electron chi connectivity index (χ1n) is 11.9. The Balaban J connectivity index is 1.70. The van der Waals surface area contributed by atoms with Crippen molar-refractivity contribution in [2.24, 2.45) is 5.73 Å². The second-order valence-electron chi connectivity index (χ2n) is 8.88. The van der Waals surface area contributed by atoms with Crippen LogP contribution in [0.15, 0.2) is 54.7 Å². The van der Waals surface area contributed by atoms with E-state index < -0.39 is 60.8 Å². The Morgan fingerprint density at radius 2 is 1.56 bits per heavy atom. The minimum Gasteiger partial charge on any atom is -0.508 e. The summed E-state index contributed by atoms with van der Waals surface area (Å²) in [7, 11) is 0. The highest BCUT2D eigenvalue weighted by Crippen LogP contribution is 2.19. The molecule has 0 spiro atoms. The van der Waals surface area contributed by atoms with Crippen molar-refractivity contribution in [2.45, 2.75) is 37.4 Å². The van der Waals surface area contributed by atoms with Crippen LogP contribution >= 0.6 is 0 Å². The van der Waals surface area contributed by atoms with E-state index in [9.17, 15) is 29.1 Å². The predicted octanol–water partition coefficient (Wildman–Crippen LogP) is -0.369. The third-order valence-corrected chi connectivity index (χ3v) is 5.90. The number of nitrogens with one attached hydrogen (secondary N) is 4. The van der Waals surface area contributed by atoms with Gasteiger partial charge in [0.2, 0.25) is 17.7 Å². The zero-order valence-corrected chi connectivity index (χ0v) is 20.7. The lowest BCUT2D eigenvalue weighted by atomic mass is 10.0. The first kappa shape index (κ1) is 28.7. The molecule has 13 heteroatoms. The van der Waals surface area contributed by atoms with Gasteiger partial charge in [-0.2, -0.15) is 0 Å². The van der Waals surface area contributed by atoms with Crippen LogP contribution in [-0.2, 0) is 36.8 Å². The molecule has 3 unspecified atom stereocenters. The zero-order chi connectivity index (χ0) is 28.5. The molecule has 0 fully saturated rings. The highest BCUT2D eigenvalue weighted by Gasteiger charge is 2.27. The van der Waals surface area contributed by atoms with E-state index in [1.807, 2.05) is 29.6 Å². The third kappa shape index (κ3) is 8.30. The number of nitrogens with two attached hydrogens (primary N) is 1. The number of carbonyl (C=O) groups excluding carboxylic acids is 3. The third-order valence-electron chi connectivity index (χ3n) is 5.90. The quantitative estimate of drug-likeness (QED) is 0.142. The molecule has 0 saturated carbocycles. The molecule has 0 saturated heterocycles. The Labute approximate surface area is 222 Å². The van der Waals surface area contributed by atoms with Gasteiger partial charge in [0.25, 0.3) is 0 Å². The number of fused-ring (bicyclic) bond motifs is 1. The summed E-state index contributed by atoms with van der Waals surface area (Å²) in [6.07, 6.45) is 1.04. The molecule has 9 N–H and O–H groups in total. The van der Waals surface area contributed by atoms with Gasteiger partial charge in [-0.05, 0) is 35.7 Å². The molecule has 0 aliphatic rings. The van der Waals surface area contributed by atoms with Crippen molar-refractivity contribution in [3.05, 3.63) is 65.9 Å². The van der Waals surface area contributed by atoms with Crippen LogP contribution in [0.2, 0.25) is 0 Å². The molecule has 3 aromatic rings. The summed E-state index contributed by atoms with van der Waals surface area (Å²) in [4.78, 5) is 63.3. The molecule has 0 radical (unpaired) electrons. The molecule has 3 atom stereocenters. The fourth-order valence-corrected chi connectivity index (χ4v) is 3.90. The molecule has 0 aliphatic heterocycles. The lowest BCUT2D eigenvalue weighted by Gasteiger charge is -2.21. The summed E-state index contributed by atoms with van der Waals surface area (Å²) in [5.74, 6) is -5.17. The Bertz CT molecular complexity index is 1350. The van der Waals surface area contributed by atoms with Crippen molar-refractivity contribution in [3.63, 3.8) is 0 Å². The molecule has 206 valence electrons. The lowest BCUT2D eigenvalue weighted by Crippen LogP contribution is -2.54. The number of benzene rings is 2. The lowest BCUT2D eigenvalue weighted by molar-refractivity contribution is -0.147. The van der Waals surface area contributed by atoms with E-state index in [2.05, 4.69) is 15.6 Å². The monoisotopic (exact) mass is 539 g/mol. The van der Waals surface area contributed by atoms with E-state index in [1.165, 1.54) is 12.1 Å². The van der Waals surface area contributed by atoms with Gasteiger partial charge in [0, 0.05) is 23.5 Å². The molecule has 3 rings (SSSR count). The number of aromatic amines is 1. The van der Waals surface area contributed by atoms with Crippen LogP contribution in [0.3, 0.4) is 0 Å². The number of H-pyrrole nitrogens is 1. The normalized spacial score (nSPS) is 13.2. The number of aromatic hydroxyl groups is 1. The van der Waals surface area contributed by atoms with Gasteiger partial charge in [-0.3, -0.25) is 19.2 Å². The zero-order valence-electron chi connectivity index (χ0n) is 20.7. The van der Waals surface area contributed by atoms with Crippen molar-refractivity contribution >= 4 is 40.6 Å². The average molecular weight is 540 g/mol. The van der Waals surface area contributed by atoms with Gasteiger partial charge >= 0.3 is 11.9 Å². The Morgan fingerprint density at radius 3 is 2.23 bits per heavy atom. The van der Waals surface area contributed by atoms with Crippen molar-refractivity contribution < 1.29 is 39.3 Å². The van der Waals surface area contributed by atoms with Crippen LogP contribution in [0, 0.1) is 0 Å². The van der Waals surface area contributed by atoms with Gasteiger partial charge in [-0.25, -0.2) is 4.79 Å². The number of phenolic OH excluding ortho intramolecular Hbond substituents is 1. The van der Waals surface area contributed by atoms with E-state index in [-0.39, 0.29) is 18.6 Å². The SMILES string of the molecule is NC(Cc1ccc(O)cc1)C(=O)NC(Cc1c[nH]c2ccccc12)C(=O)NCC(=O)NC(CC(=O)O)C(=O)O. The van der Waals surface area contributed by atoms with Crippen molar-refractivity contribution in [2.75, 3.05) is 6.54 Å². The maximum atomic E-state index is 13.1. The van der Waals surface area contributed by atoms with E-state index in [0.717, 1.165) is 16.5 Å². The number of carbonyl (C=O) groups is 5. The number of aliphatic carboxylic acids is 2. The largest absolute Gasteiger partial charge is 0.508 e. The number of carboxylic acid groups (broad SMARTS) is 2.